The Labute approximate surface area is 122 Å². The van der Waals surface area contributed by atoms with Crippen LogP contribution in [0.15, 0.2) is 48.8 Å². The van der Waals surface area contributed by atoms with E-state index < -0.39 is 5.97 Å². The molecule has 4 heteroatoms. The zero-order chi connectivity index (χ0) is 14.8. The first-order valence-electron chi connectivity index (χ1n) is 6.84. The molecule has 1 N–H and O–H groups in total. The van der Waals surface area contributed by atoms with Crippen LogP contribution in [0.1, 0.15) is 16.8 Å². The minimum atomic E-state index is -0.827. The predicted octanol–water partition coefficient (Wildman–Crippen LogP) is 3.02. The van der Waals surface area contributed by atoms with Gasteiger partial charge in [-0.15, -0.1) is 0 Å². The Morgan fingerprint density at radius 2 is 2.05 bits per heavy atom. The van der Waals surface area contributed by atoms with Crippen LogP contribution < -0.4 is 0 Å². The van der Waals surface area contributed by atoms with Crippen molar-refractivity contribution in [3.63, 3.8) is 0 Å². The Morgan fingerprint density at radius 1 is 1.24 bits per heavy atom. The second-order valence-electron chi connectivity index (χ2n) is 5.10. The average molecular weight is 280 g/mol. The van der Waals surface area contributed by atoms with Crippen molar-refractivity contribution in [1.29, 1.82) is 0 Å². The van der Waals surface area contributed by atoms with Gasteiger partial charge in [0, 0.05) is 35.4 Å². The number of aromatic nitrogens is 2. The second-order valence-corrected chi connectivity index (χ2v) is 5.10. The van der Waals surface area contributed by atoms with Gasteiger partial charge in [-0.3, -0.25) is 9.78 Å². The molecule has 0 aliphatic rings. The van der Waals surface area contributed by atoms with Gasteiger partial charge in [-0.25, -0.2) is 0 Å². The van der Waals surface area contributed by atoms with E-state index in [0.29, 0.717) is 0 Å². The molecule has 3 aromatic rings. The number of fused-ring (bicyclic) bond motifs is 1. The van der Waals surface area contributed by atoms with Crippen molar-refractivity contribution < 1.29 is 9.90 Å². The summed E-state index contributed by atoms with van der Waals surface area (Å²) in [5.41, 5.74) is 4.26. The number of carboxylic acids is 1. The standard InChI is InChI=1S/C17H16N2O2/c1-12-15(9-13-5-4-8-18-10-13)14-6-2-3-7-16(14)19(12)11-17(20)21/h2-8,10H,9,11H2,1H3,(H,20,21). The van der Waals surface area contributed by atoms with Crippen LogP contribution in [-0.4, -0.2) is 20.6 Å². The van der Waals surface area contributed by atoms with Gasteiger partial charge < -0.3 is 9.67 Å². The summed E-state index contributed by atoms with van der Waals surface area (Å²) in [4.78, 5) is 15.2. The monoisotopic (exact) mass is 280 g/mol. The van der Waals surface area contributed by atoms with Crippen molar-refractivity contribution in [2.75, 3.05) is 0 Å². The molecule has 4 nitrogen and oxygen atoms in total. The Hall–Kier alpha value is -2.62. The lowest BCUT2D eigenvalue weighted by molar-refractivity contribution is -0.137. The molecule has 0 saturated carbocycles. The third-order valence-corrected chi connectivity index (χ3v) is 3.76. The fraction of sp³-hybridized carbons (Fsp3) is 0.176. The van der Waals surface area contributed by atoms with Crippen molar-refractivity contribution in [2.45, 2.75) is 19.9 Å². The van der Waals surface area contributed by atoms with Gasteiger partial charge in [0.1, 0.15) is 6.54 Å². The topological polar surface area (TPSA) is 55.1 Å². The van der Waals surface area contributed by atoms with E-state index in [4.69, 9.17) is 5.11 Å². The Bertz CT molecular complexity index is 791. The molecular formula is C17H16N2O2. The Balaban J connectivity index is 2.14. The first-order valence-corrected chi connectivity index (χ1v) is 6.84. The smallest absolute Gasteiger partial charge is 0.323 e. The molecule has 0 fully saturated rings. The fourth-order valence-corrected chi connectivity index (χ4v) is 2.77. The first-order chi connectivity index (χ1) is 10.2. The van der Waals surface area contributed by atoms with Crippen molar-refractivity contribution in [3.05, 3.63) is 65.6 Å². The summed E-state index contributed by atoms with van der Waals surface area (Å²) < 4.78 is 1.86. The minimum Gasteiger partial charge on any atom is -0.480 e. The van der Waals surface area contributed by atoms with Gasteiger partial charge in [-0.2, -0.15) is 0 Å². The van der Waals surface area contributed by atoms with Gasteiger partial charge in [0.05, 0.1) is 0 Å². The van der Waals surface area contributed by atoms with E-state index in [1.165, 1.54) is 5.56 Å². The molecule has 0 bridgehead atoms. The number of hydrogen-bond acceptors (Lipinski definition) is 2. The van der Waals surface area contributed by atoms with E-state index in [2.05, 4.69) is 4.98 Å². The van der Waals surface area contributed by atoms with E-state index in [1.54, 1.807) is 6.20 Å². The SMILES string of the molecule is Cc1c(Cc2cccnc2)c2ccccc2n1CC(=O)O. The van der Waals surface area contributed by atoms with E-state index in [1.807, 2.05) is 54.1 Å². The fourth-order valence-electron chi connectivity index (χ4n) is 2.77. The summed E-state index contributed by atoms with van der Waals surface area (Å²) in [6.45, 7) is 1.97. The van der Waals surface area contributed by atoms with Crippen molar-refractivity contribution in [3.8, 4) is 0 Å². The summed E-state index contributed by atoms with van der Waals surface area (Å²) in [7, 11) is 0. The second kappa shape index (κ2) is 5.40. The van der Waals surface area contributed by atoms with Gasteiger partial charge >= 0.3 is 5.97 Å². The van der Waals surface area contributed by atoms with Crippen molar-refractivity contribution in [2.24, 2.45) is 0 Å². The quantitative estimate of drug-likeness (QED) is 0.799. The molecule has 0 aliphatic carbocycles. The van der Waals surface area contributed by atoms with Crippen LogP contribution in [0.5, 0.6) is 0 Å². The number of carboxylic acid groups (broad SMARTS) is 1. The lowest BCUT2D eigenvalue weighted by Gasteiger charge is -2.05. The number of pyridine rings is 1. The lowest BCUT2D eigenvalue weighted by atomic mass is 10.0. The number of rotatable bonds is 4. The molecule has 0 unspecified atom stereocenters. The number of aliphatic carboxylic acids is 1. The Morgan fingerprint density at radius 3 is 2.76 bits per heavy atom. The normalized spacial score (nSPS) is 10.9. The zero-order valence-corrected chi connectivity index (χ0v) is 11.8. The maximum Gasteiger partial charge on any atom is 0.323 e. The molecule has 0 radical (unpaired) electrons. The van der Waals surface area contributed by atoms with Crippen molar-refractivity contribution in [1.82, 2.24) is 9.55 Å². The molecule has 2 heterocycles. The van der Waals surface area contributed by atoms with Crippen LogP contribution in [0.25, 0.3) is 10.9 Å². The van der Waals surface area contributed by atoms with Crippen LogP contribution in [0, 0.1) is 6.92 Å². The van der Waals surface area contributed by atoms with E-state index in [0.717, 1.165) is 28.6 Å². The molecule has 1 aromatic carbocycles. The van der Waals surface area contributed by atoms with Gasteiger partial charge in [0.2, 0.25) is 0 Å². The van der Waals surface area contributed by atoms with Gasteiger partial charge in [0.25, 0.3) is 0 Å². The number of para-hydroxylation sites is 1. The average Bonchev–Trinajstić information content (AvgIpc) is 2.74. The molecule has 0 spiro atoms. The highest BCUT2D eigenvalue weighted by Gasteiger charge is 2.15. The van der Waals surface area contributed by atoms with Gasteiger partial charge in [0.15, 0.2) is 0 Å². The molecule has 106 valence electrons. The highest BCUT2D eigenvalue weighted by Crippen LogP contribution is 2.27. The number of nitrogens with zero attached hydrogens (tertiary/aromatic N) is 2. The third kappa shape index (κ3) is 2.52. The molecule has 3 rings (SSSR count). The predicted molar refractivity (Wildman–Crippen MR) is 81.4 cm³/mol. The lowest BCUT2D eigenvalue weighted by Crippen LogP contribution is -2.10. The van der Waals surface area contributed by atoms with E-state index in [-0.39, 0.29) is 6.54 Å². The van der Waals surface area contributed by atoms with Crippen molar-refractivity contribution >= 4 is 16.9 Å². The maximum absolute atomic E-state index is 11.1. The summed E-state index contributed by atoms with van der Waals surface area (Å²) in [6, 6.07) is 11.9. The van der Waals surface area contributed by atoms with Gasteiger partial charge in [-0.1, -0.05) is 24.3 Å². The minimum absolute atomic E-state index is 0.0145. The van der Waals surface area contributed by atoms with Crippen LogP contribution in [0.2, 0.25) is 0 Å². The summed E-state index contributed by atoms with van der Waals surface area (Å²) >= 11 is 0. The van der Waals surface area contributed by atoms with E-state index >= 15 is 0 Å². The van der Waals surface area contributed by atoms with Gasteiger partial charge in [-0.05, 0) is 30.2 Å². The third-order valence-electron chi connectivity index (χ3n) is 3.76. The molecule has 21 heavy (non-hydrogen) atoms. The molecule has 0 atom stereocenters. The molecule has 2 aromatic heterocycles. The largest absolute Gasteiger partial charge is 0.480 e. The molecular weight excluding hydrogens is 264 g/mol. The summed E-state index contributed by atoms with van der Waals surface area (Å²) in [6.07, 6.45) is 4.36. The van der Waals surface area contributed by atoms with E-state index in [9.17, 15) is 4.79 Å². The highest BCUT2D eigenvalue weighted by molar-refractivity contribution is 5.87. The zero-order valence-electron chi connectivity index (χ0n) is 11.8. The van der Waals surface area contributed by atoms with Crippen LogP contribution in [-0.2, 0) is 17.8 Å². The Kier molecular flexibility index (Phi) is 3.44. The first kappa shape index (κ1) is 13.4. The number of carbonyl (C=O) groups is 1. The summed E-state index contributed by atoms with van der Waals surface area (Å²) in [5, 5.41) is 10.2. The molecule has 0 amide bonds. The summed E-state index contributed by atoms with van der Waals surface area (Å²) in [5.74, 6) is -0.827. The number of benzene rings is 1. The number of hydrogen-bond donors (Lipinski definition) is 1. The molecule has 0 aliphatic heterocycles. The van der Waals surface area contributed by atoms with Crippen LogP contribution in [0.4, 0.5) is 0 Å². The maximum atomic E-state index is 11.1. The van der Waals surface area contributed by atoms with Crippen LogP contribution in [0.3, 0.4) is 0 Å². The highest BCUT2D eigenvalue weighted by atomic mass is 16.4. The van der Waals surface area contributed by atoms with Crippen LogP contribution >= 0.6 is 0 Å². The molecule has 0 saturated heterocycles.